The maximum atomic E-state index is 12.8. The number of hydrogen-bond donors (Lipinski definition) is 1. The average Bonchev–Trinajstić information content (AvgIpc) is 2.86. The third-order valence-electron chi connectivity index (χ3n) is 4.37. The number of carbonyl (C=O) groups excluding carboxylic acids is 1. The maximum absolute atomic E-state index is 12.8. The molecule has 2 saturated heterocycles. The highest BCUT2D eigenvalue weighted by Gasteiger charge is 2.70. The summed E-state index contributed by atoms with van der Waals surface area (Å²) < 4.78 is 38.3. The minimum absolute atomic E-state index is 0.0307. The van der Waals surface area contributed by atoms with E-state index in [1.807, 2.05) is 0 Å². The lowest BCUT2D eigenvalue weighted by Crippen LogP contribution is -2.62. The molecule has 1 aliphatic carbocycles. The molecule has 0 radical (unpaired) electrons. The molecule has 2 heterocycles. The molecular weight excluding hydrogens is 233 g/mol. The SMILES string of the molecule is O=C(N1CC2(CCNC2)C1)C1(C(F)(F)F)CC1. The second-order valence-corrected chi connectivity index (χ2v) is 5.67. The standard InChI is InChI=1S/C11H15F3N2O/c12-11(13,14)10(1-2-10)8(17)16-6-9(7-16)3-4-15-5-9/h15H,1-7H2. The third kappa shape index (κ3) is 1.49. The molecule has 1 amide bonds. The van der Waals surface area contributed by atoms with Gasteiger partial charge in [0.15, 0.2) is 0 Å². The van der Waals surface area contributed by atoms with Gasteiger partial charge in [-0.25, -0.2) is 0 Å². The van der Waals surface area contributed by atoms with Gasteiger partial charge in [0.1, 0.15) is 5.41 Å². The molecule has 6 heteroatoms. The van der Waals surface area contributed by atoms with Gasteiger partial charge >= 0.3 is 6.18 Å². The summed E-state index contributed by atoms with van der Waals surface area (Å²) in [5.41, 5.74) is -1.96. The van der Waals surface area contributed by atoms with E-state index in [0.29, 0.717) is 13.1 Å². The largest absolute Gasteiger partial charge is 0.403 e. The van der Waals surface area contributed by atoms with E-state index in [4.69, 9.17) is 0 Å². The van der Waals surface area contributed by atoms with E-state index in [-0.39, 0.29) is 18.3 Å². The molecular formula is C11H15F3N2O. The fraction of sp³-hybridized carbons (Fsp3) is 0.909. The lowest BCUT2D eigenvalue weighted by Gasteiger charge is -2.49. The van der Waals surface area contributed by atoms with Gasteiger partial charge < -0.3 is 10.2 Å². The van der Waals surface area contributed by atoms with E-state index >= 15 is 0 Å². The van der Waals surface area contributed by atoms with Crippen molar-refractivity contribution in [3.05, 3.63) is 0 Å². The Morgan fingerprint density at radius 1 is 1.18 bits per heavy atom. The third-order valence-corrected chi connectivity index (χ3v) is 4.37. The summed E-state index contributed by atoms with van der Waals surface area (Å²) in [5, 5.41) is 3.20. The molecule has 1 N–H and O–H groups in total. The summed E-state index contributed by atoms with van der Waals surface area (Å²) in [7, 11) is 0. The lowest BCUT2D eigenvalue weighted by molar-refractivity contribution is -0.204. The van der Waals surface area contributed by atoms with E-state index in [1.165, 1.54) is 4.90 Å². The Kier molecular flexibility index (Phi) is 2.10. The maximum Gasteiger partial charge on any atom is 0.403 e. The van der Waals surface area contributed by atoms with Crippen molar-refractivity contribution in [2.24, 2.45) is 10.8 Å². The predicted molar refractivity (Wildman–Crippen MR) is 54.2 cm³/mol. The van der Waals surface area contributed by atoms with Crippen LogP contribution in [0.3, 0.4) is 0 Å². The second kappa shape index (κ2) is 3.16. The average molecular weight is 248 g/mol. The summed E-state index contributed by atoms with van der Waals surface area (Å²) in [6, 6.07) is 0. The number of nitrogens with one attached hydrogen (secondary N) is 1. The highest BCUT2D eigenvalue weighted by molar-refractivity contribution is 5.87. The number of carbonyl (C=O) groups is 1. The van der Waals surface area contributed by atoms with E-state index in [9.17, 15) is 18.0 Å². The molecule has 0 aromatic rings. The Morgan fingerprint density at radius 2 is 1.82 bits per heavy atom. The molecule has 0 aromatic carbocycles. The molecule has 1 spiro atoms. The van der Waals surface area contributed by atoms with Crippen LogP contribution >= 0.6 is 0 Å². The number of likely N-dealkylation sites (tertiary alicyclic amines) is 1. The van der Waals surface area contributed by atoms with Crippen molar-refractivity contribution in [2.75, 3.05) is 26.2 Å². The highest BCUT2D eigenvalue weighted by Crippen LogP contribution is 2.59. The van der Waals surface area contributed by atoms with Crippen LogP contribution in [0.15, 0.2) is 0 Å². The van der Waals surface area contributed by atoms with Crippen LogP contribution in [0.25, 0.3) is 0 Å². The Morgan fingerprint density at radius 3 is 2.24 bits per heavy atom. The summed E-state index contributed by atoms with van der Waals surface area (Å²) in [6.45, 7) is 2.73. The predicted octanol–water partition coefficient (Wildman–Crippen LogP) is 1.15. The molecule has 0 aromatic heterocycles. The van der Waals surface area contributed by atoms with Gasteiger partial charge in [0.25, 0.3) is 0 Å². The Labute approximate surface area is 97.3 Å². The van der Waals surface area contributed by atoms with E-state index in [2.05, 4.69) is 5.32 Å². The number of amides is 1. The summed E-state index contributed by atoms with van der Waals surface area (Å²) in [6.07, 6.45) is -3.47. The first-order valence-electron chi connectivity index (χ1n) is 5.96. The van der Waals surface area contributed by atoms with Gasteiger partial charge in [0, 0.05) is 25.0 Å². The zero-order chi connectivity index (χ0) is 12.3. The van der Waals surface area contributed by atoms with Gasteiger partial charge in [-0.3, -0.25) is 4.79 Å². The van der Waals surface area contributed by atoms with Crippen LogP contribution < -0.4 is 5.32 Å². The van der Waals surface area contributed by atoms with Gasteiger partial charge in [-0.05, 0) is 25.8 Å². The van der Waals surface area contributed by atoms with Crippen LogP contribution in [-0.4, -0.2) is 43.2 Å². The first kappa shape index (κ1) is 11.3. The minimum atomic E-state index is -4.37. The fourth-order valence-corrected chi connectivity index (χ4v) is 3.02. The van der Waals surface area contributed by atoms with Crippen molar-refractivity contribution in [1.29, 1.82) is 0 Å². The van der Waals surface area contributed by atoms with Crippen molar-refractivity contribution in [3.63, 3.8) is 0 Å². The van der Waals surface area contributed by atoms with Crippen molar-refractivity contribution in [3.8, 4) is 0 Å². The Balaban J connectivity index is 1.66. The van der Waals surface area contributed by atoms with Crippen LogP contribution in [0, 0.1) is 10.8 Å². The van der Waals surface area contributed by atoms with E-state index in [0.717, 1.165) is 19.5 Å². The van der Waals surface area contributed by atoms with Crippen LogP contribution in [0.4, 0.5) is 13.2 Å². The fourth-order valence-electron chi connectivity index (χ4n) is 3.02. The highest BCUT2D eigenvalue weighted by atomic mass is 19.4. The van der Waals surface area contributed by atoms with E-state index in [1.54, 1.807) is 0 Å². The molecule has 0 unspecified atom stereocenters. The van der Waals surface area contributed by atoms with Crippen molar-refractivity contribution in [2.45, 2.75) is 25.4 Å². The molecule has 0 atom stereocenters. The first-order valence-corrected chi connectivity index (χ1v) is 5.96. The van der Waals surface area contributed by atoms with Crippen LogP contribution in [0.2, 0.25) is 0 Å². The summed E-state index contributed by atoms with van der Waals surface area (Å²) in [4.78, 5) is 13.3. The molecule has 17 heavy (non-hydrogen) atoms. The van der Waals surface area contributed by atoms with Crippen LogP contribution in [-0.2, 0) is 4.79 Å². The molecule has 2 aliphatic heterocycles. The first-order chi connectivity index (χ1) is 7.89. The molecule has 3 aliphatic rings. The van der Waals surface area contributed by atoms with Crippen LogP contribution in [0.1, 0.15) is 19.3 Å². The molecule has 96 valence electrons. The Bertz CT molecular complexity index is 348. The van der Waals surface area contributed by atoms with Gasteiger partial charge in [0.05, 0.1) is 0 Å². The second-order valence-electron chi connectivity index (χ2n) is 5.67. The van der Waals surface area contributed by atoms with Crippen molar-refractivity contribution < 1.29 is 18.0 Å². The molecule has 0 bridgehead atoms. The van der Waals surface area contributed by atoms with Crippen molar-refractivity contribution in [1.82, 2.24) is 10.2 Å². The Hall–Kier alpha value is -0.780. The zero-order valence-electron chi connectivity index (χ0n) is 9.44. The van der Waals surface area contributed by atoms with E-state index < -0.39 is 17.5 Å². The minimum Gasteiger partial charge on any atom is -0.341 e. The number of hydrogen-bond acceptors (Lipinski definition) is 2. The van der Waals surface area contributed by atoms with Gasteiger partial charge in [-0.15, -0.1) is 0 Å². The van der Waals surface area contributed by atoms with Crippen LogP contribution in [0.5, 0.6) is 0 Å². The molecule has 3 fully saturated rings. The van der Waals surface area contributed by atoms with Gasteiger partial charge in [-0.2, -0.15) is 13.2 Å². The number of alkyl halides is 3. The smallest absolute Gasteiger partial charge is 0.341 e. The summed E-state index contributed by atoms with van der Waals surface area (Å²) >= 11 is 0. The number of halogens is 3. The number of nitrogens with zero attached hydrogens (tertiary/aromatic N) is 1. The topological polar surface area (TPSA) is 32.3 Å². The zero-order valence-corrected chi connectivity index (χ0v) is 9.44. The molecule has 3 rings (SSSR count). The van der Waals surface area contributed by atoms with Gasteiger partial charge in [-0.1, -0.05) is 0 Å². The molecule has 1 saturated carbocycles. The molecule has 3 nitrogen and oxygen atoms in total. The quantitative estimate of drug-likeness (QED) is 0.755. The summed E-state index contributed by atoms with van der Waals surface area (Å²) in [5.74, 6) is -0.692. The lowest BCUT2D eigenvalue weighted by atomic mass is 9.78. The number of rotatable bonds is 1. The monoisotopic (exact) mass is 248 g/mol. The van der Waals surface area contributed by atoms with Crippen molar-refractivity contribution >= 4 is 5.91 Å². The van der Waals surface area contributed by atoms with Gasteiger partial charge in [0.2, 0.25) is 5.91 Å². The normalized spacial score (nSPS) is 29.2.